The molecule has 2 aromatic rings. The van der Waals surface area contributed by atoms with Crippen LogP contribution in [0.25, 0.3) is 0 Å². The lowest BCUT2D eigenvalue weighted by Crippen LogP contribution is -2.44. The molecule has 1 aromatic heterocycles. The van der Waals surface area contributed by atoms with E-state index in [0.717, 1.165) is 18.5 Å². The Kier molecular flexibility index (Phi) is 4.34. The van der Waals surface area contributed by atoms with Crippen molar-refractivity contribution in [2.45, 2.75) is 25.3 Å². The van der Waals surface area contributed by atoms with Gasteiger partial charge in [-0.3, -0.25) is 4.79 Å². The molecule has 2 heterocycles. The summed E-state index contributed by atoms with van der Waals surface area (Å²) in [6, 6.07) is 9.67. The van der Waals surface area contributed by atoms with E-state index in [0.29, 0.717) is 18.6 Å². The number of carbonyl (C=O) groups excluding carboxylic acids is 1. The molecule has 0 aliphatic carbocycles. The number of aryl methyl sites for hydroxylation is 1. The number of ether oxygens (including phenoxy) is 1. The fourth-order valence-electron chi connectivity index (χ4n) is 2.75. The molecule has 3 rings (SSSR count). The molecule has 116 valence electrons. The molecule has 4 nitrogen and oxygen atoms in total. The van der Waals surface area contributed by atoms with Crippen molar-refractivity contribution in [1.82, 2.24) is 4.90 Å². The van der Waals surface area contributed by atoms with Gasteiger partial charge in [-0.2, -0.15) is 0 Å². The zero-order valence-electron chi connectivity index (χ0n) is 12.5. The van der Waals surface area contributed by atoms with Crippen LogP contribution >= 0.6 is 11.3 Å². The SMILES string of the molecule is COc1ccc(CCC(=O)N2CCC2c2cccs2)cc1O. The first-order valence-corrected chi connectivity index (χ1v) is 8.26. The maximum atomic E-state index is 12.4. The van der Waals surface area contributed by atoms with E-state index in [9.17, 15) is 9.90 Å². The molecule has 0 bridgehead atoms. The van der Waals surface area contributed by atoms with Crippen LogP contribution in [0, 0.1) is 0 Å². The maximum Gasteiger partial charge on any atom is 0.223 e. The van der Waals surface area contributed by atoms with Crippen molar-refractivity contribution in [3.63, 3.8) is 0 Å². The van der Waals surface area contributed by atoms with E-state index in [2.05, 4.69) is 11.4 Å². The third-order valence-electron chi connectivity index (χ3n) is 4.08. The van der Waals surface area contributed by atoms with Gasteiger partial charge in [-0.05, 0) is 42.0 Å². The Balaban J connectivity index is 1.57. The molecule has 0 spiro atoms. The van der Waals surface area contributed by atoms with Gasteiger partial charge in [0.15, 0.2) is 11.5 Å². The van der Waals surface area contributed by atoms with Crippen LogP contribution in [0.3, 0.4) is 0 Å². The van der Waals surface area contributed by atoms with E-state index in [1.54, 1.807) is 23.5 Å². The van der Waals surface area contributed by atoms with Crippen molar-refractivity contribution in [3.8, 4) is 11.5 Å². The molecule has 1 unspecified atom stereocenters. The van der Waals surface area contributed by atoms with E-state index in [4.69, 9.17) is 4.74 Å². The third kappa shape index (κ3) is 2.95. The molecular weight excluding hydrogens is 298 g/mol. The third-order valence-corrected chi connectivity index (χ3v) is 5.06. The number of methoxy groups -OCH3 is 1. The van der Waals surface area contributed by atoms with Crippen LogP contribution in [-0.2, 0) is 11.2 Å². The molecule has 1 aliphatic heterocycles. The Morgan fingerprint density at radius 3 is 2.91 bits per heavy atom. The number of thiophene rings is 1. The fourth-order valence-corrected chi connectivity index (χ4v) is 3.62. The summed E-state index contributed by atoms with van der Waals surface area (Å²) < 4.78 is 5.02. The number of nitrogens with zero attached hydrogens (tertiary/aromatic N) is 1. The molecule has 1 saturated heterocycles. The zero-order valence-corrected chi connectivity index (χ0v) is 13.3. The number of phenols is 1. The standard InChI is InChI=1S/C17H19NO3S/c1-21-15-6-4-12(11-14(15)19)5-7-17(20)18-9-8-13(18)16-3-2-10-22-16/h2-4,6,10-11,13,19H,5,7-9H2,1H3. The predicted octanol–water partition coefficient (Wildman–Crippen LogP) is 3.37. The van der Waals surface area contributed by atoms with Crippen molar-refractivity contribution in [3.05, 3.63) is 46.2 Å². The molecular formula is C17H19NO3S. The highest BCUT2D eigenvalue weighted by molar-refractivity contribution is 7.10. The topological polar surface area (TPSA) is 49.8 Å². The first kappa shape index (κ1) is 14.9. The lowest BCUT2D eigenvalue weighted by Gasteiger charge is -2.40. The Labute approximate surface area is 134 Å². The first-order chi connectivity index (χ1) is 10.7. The van der Waals surface area contributed by atoms with Crippen LogP contribution < -0.4 is 4.74 Å². The van der Waals surface area contributed by atoms with Gasteiger partial charge in [-0.1, -0.05) is 12.1 Å². The second-order valence-corrected chi connectivity index (χ2v) is 6.39. The van der Waals surface area contributed by atoms with E-state index >= 15 is 0 Å². The monoisotopic (exact) mass is 317 g/mol. The van der Waals surface area contributed by atoms with Crippen LogP contribution in [-0.4, -0.2) is 29.6 Å². The van der Waals surface area contributed by atoms with Crippen molar-refractivity contribution in [2.75, 3.05) is 13.7 Å². The minimum Gasteiger partial charge on any atom is -0.504 e. The van der Waals surface area contributed by atoms with Gasteiger partial charge in [-0.15, -0.1) is 11.3 Å². The number of rotatable bonds is 5. The van der Waals surface area contributed by atoms with Crippen molar-refractivity contribution < 1.29 is 14.6 Å². The number of aromatic hydroxyl groups is 1. The second-order valence-electron chi connectivity index (χ2n) is 5.41. The summed E-state index contributed by atoms with van der Waals surface area (Å²) in [5.41, 5.74) is 0.944. The minimum absolute atomic E-state index is 0.118. The van der Waals surface area contributed by atoms with E-state index in [-0.39, 0.29) is 17.7 Å². The van der Waals surface area contributed by atoms with Gasteiger partial charge >= 0.3 is 0 Å². The Bertz CT molecular complexity index is 654. The highest BCUT2D eigenvalue weighted by atomic mass is 32.1. The summed E-state index contributed by atoms with van der Waals surface area (Å²) in [7, 11) is 1.52. The molecule has 0 saturated carbocycles. The van der Waals surface area contributed by atoms with Crippen LogP contribution in [0.1, 0.15) is 29.3 Å². The van der Waals surface area contributed by atoms with Gasteiger partial charge in [0.2, 0.25) is 5.91 Å². The summed E-state index contributed by atoms with van der Waals surface area (Å²) in [5.74, 6) is 0.753. The fraction of sp³-hybridized carbons (Fsp3) is 0.353. The summed E-state index contributed by atoms with van der Waals surface area (Å²) >= 11 is 1.71. The first-order valence-electron chi connectivity index (χ1n) is 7.38. The number of likely N-dealkylation sites (tertiary alicyclic amines) is 1. The van der Waals surface area contributed by atoms with E-state index in [1.165, 1.54) is 12.0 Å². The molecule has 0 radical (unpaired) electrons. The molecule has 1 atom stereocenters. The largest absolute Gasteiger partial charge is 0.504 e. The molecule has 1 aliphatic rings. The summed E-state index contributed by atoms with van der Waals surface area (Å²) in [6.45, 7) is 0.843. The molecule has 1 fully saturated rings. The Morgan fingerprint density at radius 1 is 1.45 bits per heavy atom. The molecule has 1 N–H and O–H groups in total. The number of carbonyl (C=O) groups is 1. The van der Waals surface area contributed by atoms with Crippen molar-refractivity contribution in [2.24, 2.45) is 0 Å². The Hall–Kier alpha value is -2.01. The van der Waals surface area contributed by atoms with Gasteiger partial charge in [0.25, 0.3) is 0 Å². The minimum atomic E-state index is 0.118. The van der Waals surface area contributed by atoms with Crippen LogP contribution in [0.5, 0.6) is 11.5 Å². The van der Waals surface area contributed by atoms with E-state index in [1.807, 2.05) is 17.0 Å². The van der Waals surface area contributed by atoms with Gasteiger partial charge in [-0.25, -0.2) is 0 Å². The smallest absolute Gasteiger partial charge is 0.223 e. The predicted molar refractivity (Wildman–Crippen MR) is 86.4 cm³/mol. The van der Waals surface area contributed by atoms with E-state index < -0.39 is 0 Å². The summed E-state index contributed by atoms with van der Waals surface area (Å²) in [5, 5.41) is 11.8. The van der Waals surface area contributed by atoms with Gasteiger partial charge in [0, 0.05) is 17.8 Å². The van der Waals surface area contributed by atoms with Gasteiger partial charge in [0.05, 0.1) is 13.2 Å². The van der Waals surface area contributed by atoms with Crippen LogP contribution in [0.4, 0.5) is 0 Å². The molecule has 22 heavy (non-hydrogen) atoms. The quantitative estimate of drug-likeness (QED) is 0.920. The maximum absolute atomic E-state index is 12.4. The van der Waals surface area contributed by atoms with Crippen molar-refractivity contribution >= 4 is 17.2 Å². The summed E-state index contributed by atoms with van der Waals surface area (Å²) in [6.07, 6.45) is 2.15. The number of amides is 1. The Morgan fingerprint density at radius 2 is 2.32 bits per heavy atom. The highest BCUT2D eigenvalue weighted by Gasteiger charge is 2.33. The molecule has 1 amide bonds. The normalized spacial score (nSPS) is 17.1. The van der Waals surface area contributed by atoms with Gasteiger partial charge in [0.1, 0.15) is 0 Å². The number of phenolic OH excluding ortho intramolecular Hbond substituents is 1. The van der Waals surface area contributed by atoms with Crippen molar-refractivity contribution in [1.29, 1.82) is 0 Å². The van der Waals surface area contributed by atoms with Crippen LogP contribution in [0.15, 0.2) is 35.7 Å². The average molecular weight is 317 g/mol. The zero-order chi connectivity index (χ0) is 15.5. The molecule has 1 aromatic carbocycles. The summed E-state index contributed by atoms with van der Waals surface area (Å²) in [4.78, 5) is 15.6. The second kappa shape index (κ2) is 6.40. The lowest BCUT2D eigenvalue weighted by atomic mass is 9.99. The molecule has 5 heteroatoms. The van der Waals surface area contributed by atoms with Gasteiger partial charge < -0.3 is 14.7 Å². The average Bonchev–Trinajstić information content (AvgIpc) is 2.98. The number of benzene rings is 1. The number of hydrogen-bond acceptors (Lipinski definition) is 4. The lowest BCUT2D eigenvalue weighted by molar-refractivity contribution is -0.139. The van der Waals surface area contributed by atoms with Crippen LogP contribution in [0.2, 0.25) is 0 Å². The highest BCUT2D eigenvalue weighted by Crippen LogP contribution is 2.36. The number of hydrogen-bond donors (Lipinski definition) is 1.